The Morgan fingerprint density at radius 3 is 3.00 bits per heavy atom. The van der Waals surface area contributed by atoms with Crippen LogP contribution >= 0.6 is 0 Å². The van der Waals surface area contributed by atoms with Crippen molar-refractivity contribution >= 4 is 0 Å². The molecule has 2 nitrogen and oxygen atoms in total. The van der Waals surface area contributed by atoms with E-state index in [1.807, 2.05) is 6.07 Å². The van der Waals surface area contributed by atoms with Gasteiger partial charge in [-0.05, 0) is 30.0 Å². The molecule has 1 N–H and O–H groups in total. The fourth-order valence-corrected chi connectivity index (χ4v) is 1.64. The molecule has 1 aliphatic heterocycles. The lowest BCUT2D eigenvalue weighted by Crippen LogP contribution is -2.10. The SMILES string of the molecule is CC(O)c1ccc2c(c1)CCOC2. The number of aliphatic hydroxyl groups is 1. The minimum atomic E-state index is -0.367. The van der Waals surface area contributed by atoms with Gasteiger partial charge in [0.15, 0.2) is 0 Å². The Bertz CT molecular complexity index is 305. The Morgan fingerprint density at radius 2 is 2.23 bits per heavy atom. The zero-order chi connectivity index (χ0) is 9.26. The van der Waals surface area contributed by atoms with E-state index in [2.05, 4.69) is 12.1 Å². The van der Waals surface area contributed by atoms with E-state index in [-0.39, 0.29) is 6.10 Å². The molecule has 2 rings (SSSR count). The van der Waals surface area contributed by atoms with Crippen molar-refractivity contribution in [2.24, 2.45) is 0 Å². The summed E-state index contributed by atoms with van der Waals surface area (Å²) in [5, 5.41) is 9.39. The molecule has 0 aliphatic carbocycles. The normalized spacial score (nSPS) is 18.0. The van der Waals surface area contributed by atoms with Gasteiger partial charge in [0.1, 0.15) is 0 Å². The number of aliphatic hydroxyl groups excluding tert-OH is 1. The van der Waals surface area contributed by atoms with Gasteiger partial charge in [0.25, 0.3) is 0 Å². The average Bonchev–Trinajstić information content (AvgIpc) is 2.17. The standard InChI is InChI=1S/C11H14O2/c1-8(12)9-2-3-11-7-13-5-4-10(11)6-9/h2-3,6,8,12H,4-5,7H2,1H3. The molecule has 1 aliphatic rings. The molecule has 0 radical (unpaired) electrons. The second-order valence-corrected chi connectivity index (χ2v) is 3.51. The van der Waals surface area contributed by atoms with Gasteiger partial charge in [0.05, 0.1) is 19.3 Å². The number of fused-ring (bicyclic) bond motifs is 1. The highest BCUT2D eigenvalue weighted by atomic mass is 16.5. The maximum atomic E-state index is 9.39. The Labute approximate surface area is 78.2 Å². The van der Waals surface area contributed by atoms with Crippen LogP contribution in [0.3, 0.4) is 0 Å². The zero-order valence-corrected chi connectivity index (χ0v) is 7.79. The molecular formula is C11H14O2. The number of hydrogen-bond acceptors (Lipinski definition) is 2. The van der Waals surface area contributed by atoms with Crippen LogP contribution in [-0.4, -0.2) is 11.7 Å². The van der Waals surface area contributed by atoms with Crippen molar-refractivity contribution in [1.29, 1.82) is 0 Å². The van der Waals surface area contributed by atoms with E-state index in [1.54, 1.807) is 6.92 Å². The largest absolute Gasteiger partial charge is 0.389 e. The van der Waals surface area contributed by atoms with Gasteiger partial charge in [-0.2, -0.15) is 0 Å². The molecule has 1 unspecified atom stereocenters. The molecule has 1 atom stereocenters. The van der Waals surface area contributed by atoms with Crippen LogP contribution in [0.4, 0.5) is 0 Å². The lowest BCUT2D eigenvalue weighted by Gasteiger charge is -2.17. The molecule has 0 saturated carbocycles. The van der Waals surface area contributed by atoms with Crippen LogP contribution in [0, 0.1) is 0 Å². The van der Waals surface area contributed by atoms with Crippen molar-refractivity contribution < 1.29 is 9.84 Å². The van der Waals surface area contributed by atoms with Gasteiger partial charge >= 0.3 is 0 Å². The summed E-state index contributed by atoms with van der Waals surface area (Å²) in [4.78, 5) is 0. The summed E-state index contributed by atoms with van der Waals surface area (Å²) < 4.78 is 5.33. The first-order valence-electron chi connectivity index (χ1n) is 4.65. The predicted octanol–water partition coefficient (Wildman–Crippen LogP) is 1.81. The Morgan fingerprint density at radius 1 is 1.38 bits per heavy atom. The molecule has 0 aromatic heterocycles. The van der Waals surface area contributed by atoms with Gasteiger partial charge in [0.2, 0.25) is 0 Å². The van der Waals surface area contributed by atoms with E-state index in [1.165, 1.54) is 11.1 Å². The summed E-state index contributed by atoms with van der Waals surface area (Å²) >= 11 is 0. The summed E-state index contributed by atoms with van der Waals surface area (Å²) in [6.45, 7) is 3.31. The third kappa shape index (κ3) is 1.74. The van der Waals surface area contributed by atoms with Crippen LogP contribution in [0.15, 0.2) is 18.2 Å². The molecule has 0 saturated heterocycles. The summed E-state index contributed by atoms with van der Waals surface area (Å²) in [7, 11) is 0. The van der Waals surface area contributed by atoms with Gasteiger partial charge < -0.3 is 9.84 Å². The highest BCUT2D eigenvalue weighted by Crippen LogP contribution is 2.21. The van der Waals surface area contributed by atoms with E-state index < -0.39 is 0 Å². The molecule has 1 aromatic carbocycles. The Kier molecular flexibility index (Phi) is 2.34. The summed E-state index contributed by atoms with van der Waals surface area (Å²) in [5.41, 5.74) is 3.58. The maximum Gasteiger partial charge on any atom is 0.0762 e. The van der Waals surface area contributed by atoms with Crippen LogP contribution in [0.2, 0.25) is 0 Å². The molecule has 2 heteroatoms. The first kappa shape index (κ1) is 8.73. The quantitative estimate of drug-likeness (QED) is 0.710. The van der Waals surface area contributed by atoms with E-state index >= 15 is 0 Å². The van der Waals surface area contributed by atoms with E-state index in [0.29, 0.717) is 0 Å². The van der Waals surface area contributed by atoms with Crippen molar-refractivity contribution in [3.8, 4) is 0 Å². The molecule has 0 amide bonds. The van der Waals surface area contributed by atoms with Crippen molar-refractivity contribution in [3.05, 3.63) is 34.9 Å². The molecule has 70 valence electrons. The molecule has 1 heterocycles. The van der Waals surface area contributed by atoms with Gasteiger partial charge in [-0.15, -0.1) is 0 Å². The molecule has 0 fully saturated rings. The Balaban J connectivity index is 2.35. The molecule has 0 bridgehead atoms. The third-order valence-electron chi connectivity index (χ3n) is 2.49. The maximum absolute atomic E-state index is 9.39. The minimum Gasteiger partial charge on any atom is -0.389 e. The Hall–Kier alpha value is -0.860. The monoisotopic (exact) mass is 178 g/mol. The van der Waals surface area contributed by atoms with Crippen LogP contribution in [0.5, 0.6) is 0 Å². The van der Waals surface area contributed by atoms with Crippen LogP contribution in [0.1, 0.15) is 29.7 Å². The highest BCUT2D eigenvalue weighted by Gasteiger charge is 2.10. The van der Waals surface area contributed by atoms with Crippen LogP contribution in [-0.2, 0) is 17.8 Å². The number of benzene rings is 1. The van der Waals surface area contributed by atoms with Crippen LogP contribution in [0.25, 0.3) is 0 Å². The highest BCUT2D eigenvalue weighted by molar-refractivity contribution is 5.33. The second kappa shape index (κ2) is 3.48. The molecule has 13 heavy (non-hydrogen) atoms. The summed E-state index contributed by atoms with van der Waals surface area (Å²) in [6.07, 6.45) is 0.601. The molecular weight excluding hydrogens is 164 g/mol. The summed E-state index contributed by atoms with van der Waals surface area (Å²) in [6, 6.07) is 6.11. The minimum absolute atomic E-state index is 0.367. The van der Waals surface area contributed by atoms with Gasteiger partial charge in [0, 0.05) is 0 Å². The number of hydrogen-bond donors (Lipinski definition) is 1. The lowest BCUT2D eigenvalue weighted by molar-refractivity contribution is 0.110. The molecule has 0 spiro atoms. The third-order valence-corrected chi connectivity index (χ3v) is 2.49. The van der Waals surface area contributed by atoms with Crippen LogP contribution < -0.4 is 0 Å². The second-order valence-electron chi connectivity index (χ2n) is 3.51. The van der Waals surface area contributed by atoms with Crippen molar-refractivity contribution in [1.82, 2.24) is 0 Å². The predicted molar refractivity (Wildman–Crippen MR) is 50.4 cm³/mol. The van der Waals surface area contributed by atoms with E-state index in [4.69, 9.17) is 4.74 Å². The summed E-state index contributed by atoms with van der Waals surface area (Å²) in [5.74, 6) is 0. The van der Waals surface area contributed by atoms with Gasteiger partial charge in [-0.3, -0.25) is 0 Å². The number of ether oxygens (including phenoxy) is 1. The van der Waals surface area contributed by atoms with Gasteiger partial charge in [-0.1, -0.05) is 18.2 Å². The van der Waals surface area contributed by atoms with Gasteiger partial charge in [-0.25, -0.2) is 0 Å². The molecule has 1 aromatic rings. The van der Waals surface area contributed by atoms with Crippen molar-refractivity contribution in [3.63, 3.8) is 0 Å². The smallest absolute Gasteiger partial charge is 0.0762 e. The number of rotatable bonds is 1. The zero-order valence-electron chi connectivity index (χ0n) is 7.79. The average molecular weight is 178 g/mol. The van der Waals surface area contributed by atoms with E-state index in [9.17, 15) is 5.11 Å². The fourth-order valence-electron chi connectivity index (χ4n) is 1.64. The fraction of sp³-hybridized carbons (Fsp3) is 0.455. The lowest BCUT2D eigenvalue weighted by atomic mass is 9.98. The van der Waals surface area contributed by atoms with Crippen molar-refractivity contribution in [2.75, 3.05) is 6.61 Å². The topological polar surface area (TPSA) is 29.5 Å². The van der Waals surface area contributed by atoms with E-state index in [0.717, 1.165) is 25.2 Å². The first-order valence-corrected chi connectivity index (χ1v) is 4.65. The van der Waals surface area contributed by atoms with Crippen molar-refractivity contribution in [2.45, 2.75) is 26.1 Å². The first-order chi connectivity index (χ1) is 6.27.